The van der Waals surface area contributed by atoms with Gasteiger partial charge >= 0.3 is 0 Å². The number of ether oxygens (including phenoxy) is 1. The van der Waals surface area contributed by atoms with Gasteiger partial charge in [0.25, 0.3) is 0 Å². The first kappa shape index (κ1) is 16.4. The zero-order valence-electron chi connectivity index (χ0n) is 15.6. The summed E-state index contributed by atoms with van der Waals surface area (Å²) < 4.78 is 6.32. The molecule has 0 fully saturated rings. The summed E-state index contributed by atoms with van der Waals surface area (Å²) in [6.45, 7) is 8.78. The van der Waals surface area contributed by atoms with Crippen LogP contribution in [0.1, 0.15) is 58.4 Å². The van der Waals surface area contributed by atoms with Gasteiger partial charge in [-0.15, -0.1) is 0 Å². The summed E-state index contributed by atoms with van der Waals surface area (Å²) in [5, 5.41) is 2.43. The highest BCUT2D eigenvalue weighted by atomic mass is 16.5. The van der Waals surface area contributed by atoms with Gasteiger partial charge < -0.3 is 4.74 Å². The van der Waals surface area contributed by atoms with Crippen LogP contribution < -0.4 is 4.74 Å². The van der Waals surface area contributed by atoms with Gasteiger partial charge in [-0.25, -0.2) is 0 Å². The first-order chi connectivity index (χ1) is 11.9. The number of fused-ring (bicyclic) bond motifs is 3. The fourth-order valence-electron chi connectivity index (χ4n) is 4.47. The molecule has 0 saturated heterocycles. The van der Waals surface area contributed by atoms with Crippen LogP contribution in [-0.4, -0.2) is 5.78 Å². The SMILES string of the molecule is CC(C)CC1C2=C(CC(C)(C)CC2=O)Oc2ccc3ccccc3c21. The van der Waals surface area contributed by atoms with Crippen molar-refractivity contribution in [2.24, 2.45) is 11.3 Å². The lowest BCUT2D eigenvalue weighted by Crippen LogP contribution is -2.33. The van der Waals surface area contributed by atoms with E-state index in [-0.39, 0.29) is 17.1 Å². The van der Waals surface area contributed by atoms with Gasteiger partial charge in [0.1, 0.15) is 11.5 Å². The first-order valence-corrected chi connectivity index (χ1v) is 9.31. The molecule has 130 valence electrons. The smallest absolute Gasteiger partial charge is 0.163 e. The highest BCUT2D eigenvalue weighted by Gasteiger charge is 2.41. The van der Waals surface area contributed by atoms with E-state index in [0.29, 0.717) is 12.3 Å². The number of carbonyl (C=O) groups excluding carboxylic acids is 1. The molecule has 4 rings (SSSR count). The van der Waals surface area contributed by atoms with Crippen LogP contribution in [-0.2, 0) is 4.79 Å². The van der Waals surface area contributed by atoms with Crippen LogP contribution >= 0.6 is 0 Å². The molecule has 0 saturated carbocycles. The monoisotopic (exact) mass is 334 g/mol. The van der Waals surface area contributed by atoms with Crippen molar-refractivity contribution in [3.8, 4) is 5.75 Å². The van der Waals surface area contributed by atoms with E-state index in [1.54, 1.807) is 0 Å². The van der Waals surface area contributed by atoms with Crippen molar-refractivity contribution in [3.05, 3.63) is 53.3 Å². The summed E-state index contributed by atoms with van der Waals surface area (Å²) in [6.07, 6.45) is 2.44. The standard InChI is InChI=1S/C23H26O2/c1-14(2)11-17-21-16-8-6-5-7-15(16)9-10-19(21)25-20-13-23(3,4)12-18(24)22(17)20/h5-10,14,17H,11-13H2,1-4H3. The Kier molecular flexibility index (Phi) is 3.75. The quantitative estimate of drug-likeness (QED) is 0.673. The van der Waals surface area contributed by atoms with Crippen molar-refractivity contribution in [3.63, 3.8) is 0 Å². The van der Waals surface area contributed by atoms with Gasteiger partial charge in [0, 0.05) is 29.9 Å². The Morgan fingerprint density at radius 2 is 1.88 bits per heavy atom. The highest BCUT2D eigenvalue weighted by Crippen LogP contribution is 2.51. The van der Waals surface area contributed by atoms with Crippen molar-refractivity contribution in [2.45, 2.75) is 52.9 Å². The van der Waals surface area contributed by atoms with E-state index < -0.39 is 0 Å². The first-order valence-electron chi connectivity index (χ1n) is 9.31. The van der Waals surface area contributed by atoms with Gasteiger partial charge in [-0.05, 0) is 34.6 Å². The fraction of sp³-hybridized carbons (Fsp3) is 0.435. The summed E-state index contributed by atoms with van der Waals surface area (Å²) in [6, 6.07) is 12.6. The van der Waals surface area contributed by atoms with Crippen molar-refractivity contribution < 1.29 is 9.53 Å². The molecule has 0 N–H and O–H groups in total. The second-order valence-corrected chi connectivity index (χ2v) is 8.76. The molecule has 1 aliphatic heterocycles. The number of hydrogen-bond acceptors (Lipinski definition) is 2. The Morgan fingerprint density at radius 3 is 2.64 bits per heavy atom. The van der Waals surface area contributed by atoms with Gasteiger partial charge in [-0.2, -0.15) is 0 Å². The largest absolute Gasteiger partial charge is 0.461 e. The van der Waals surface area contributed by atoms with E-state index in [2.05, 4.69) is 64.1 Å². The average Bonchev–Trinajstić information content (AvgIpc) is 2.52. The summed E-state index contributed by atoms with van der Waals surface area (Å²) >= 11 is 0. The summed E-state index contributed by atoms with van der Waals surface area (Å²) in [7, 11) is 0. The summed E-state index contributed by atoms with van der Waals surface area (Å²) in [5.41, 5.74) is 2.13. The number of rotatable bonds is 2. The molecule has 2 aliphatic rings. The zero-order chi connectivity index (χ0) is 17.8. The highest BCUT2D eigenvalue weighted by molar-refractivity contribution is 6.01. The molecule has 1 heterocycles. The zero-order valence-corrected chi connectivity index (χ0v) is 15.6. The molecule has 0 spiro atoms. The van der Waals surface area contributed by atoms with E-state index >= 15 is 0 Å². The van der Waals surface area contributed by atoms with E-state index in [1.807, 2.05) is 0 Å². The number of ketones is 1. The lowest BCUT2D eigenvalue weighted by Gasteiger charge is -2.39. The molecule has 1 unspecified atom stereocenters. The van der Waals surface area contributed by atoms with Crippen LogP contribution in [0.25, 0.3) is 10.8 Å². The molecule has 2 aromatic rings. The number of hydrogen-bond donors (Lipinski definition) is 0. The van der Waals surface area contributed by atoms with Crippen molar-refractivity contribution in [2.75, 3.05) is 0 Å². The Labute approximate surface area is 149 Å². The molecule has 0 bridgehead atoms. The minimum Gasteiger partial charge on any atom is -0.461 e. The second-order valence-electron chi connectivity index (χ2n) is 8.76. The Morgan fingerprint density at radius 1 is 1.12 bits per heavy atom. The van der Waals surface area contributed by atoms with Gasteiger partial charge in [0.05, 0.1) is 0 Å². The van der Waals surface area contributed by atoms with E-state index in [1.165, 1.54) is 16.3 Å². The van der Waals surface area contributed by atoms with Crippen molar-refractivity contribution in [1.82, 2.24) is 0 Å². The molecule has 2 heteroatoms. The van der Waals surface area contributed by atoms with Gasteiger partial charge in [0.15, 0.2) is 5.78 Å². The van der Waals surface area contributed by atoms with Crippen molar-refractivity contribution >= 4 is 16.6 Å². The van der Waals surface area contributed by atoms with Gasteiger partial charge in [-0.3, -0.25) is 4.79 Å². The molecule has 25 heavy (non-hydrogen) atoms. The molecular formula is C23H26O2. The molecule has 0 aromatic heterocycles. The second kappa shape index (κ2) is 5.72. The van der Waals surface area contributed by atoms with Crippen LogP contribution in [0.15, 0.2) is 47.7 Å². The van der Waals surface area contributed by atoms with Crippen LogP contribution in [0.5, 0.6) is 5.75 Å². The molecule has 0 radical (unpaired) electrons. The van der Waals surface area contributed by atoms with Gasteiger partial charge in [0.2, 0.25) is 0 Å². The third-order valence-corrected chi connectivity index (χ3v) is 5.45. The number of benzene rings is 2. The average molecular weight is 334 g/mol. The molecule has 2 nitrogen and oxygen atoms in total. The summed E-state index contributed by atoms with van der Waals surface area (Å²) in [5.74, 6) is 2.79. The van der Waals surface area contributed by atoms with E-state index in [4.69, 9.17) is 4.74 Å². The Balaban J connectivity index is 1.94. The lowest BCUT2D eigenvalue weighted by molar-refractivity contribution is -0.119. The Hall–Kier alpha value is -2.09. The maximum atomic E-state index is 13.0. The molecule has 2 aromatic carbocycles. The number of carbonyl (C=O) groups is 1. The van der Waals surface area contributed by atoms with E-state index in [0.717, 1.165) is 29.9 Å². The summed E-state index contributed by atoms with van der Waals surface area (Å²) in [4.78, 5) is 13.0. The maximum Gasteiger partial charge on any atom is 0.163 e. The normalized spacial score (nSPS) is 22.0. The van der Waals surface area contributed by atoms with Crippen LogP contribution in [0.2, 0.25) is 0 Å². The third kappa shape index (κ3) is 2.78. The minimum absolute atomic E-state index is 0.0212. The predicted octanol–water partition coefficient (Wildman–Crippen LogP) is 6.01. The maximum absolute atomic E-state index is 13.0. The molecular weight excluding hydrogens is 308 g/mol. The fourth-order valence-corrected chi connectivity index (χ4v) is 4.47. The van der Waals surface area contributed by atoms with Crippen LogP contribution in [0, 0.1) is 11.3 Å². The molecule has 1 atom stereocenters. The van der Waals surface area contributed by atoms with Gasteiger partial charge in [-0.1, -0.05) is 58.0 Å². The Bertz CT molecular complexity index is 886. The lowest BCUT2D eigenvalue weighted by atomic mass is 9.69. The molecule has 0 amide bonds. The number of Topliss-reactive ketones (excluding diaryl/α,β-unsaturated/α-hetero) is 1. The van der Waals surface area contributed by atoms with Crippen LogP contribution in [0.3, 0.4) is 0 Å². The van der Waals surface area contributed by atoms with Crippen molar-refractivity contribution in [1.29, 1.82) is 0 Å². The number of allylic oxidation sites excluding steroid dienone is 2. The van der Waals surface area contributed by atoms with Crippen LogP contribution in [0.4, 0.5) is 0 Å². The molecule has 1 aliphatic carbocycles. The minimum atomic E-state index is -0.0212. The third-order valence-electron chi connectivity index (χ3n) is 5.45. The topological polar surface area (TPSA) is 26.3 Å². The van der Waals surface area contributed by atoms with E-state index in [9.17, 15) is 4.79 Å². The predicted molar refractivity (Wildman–Crippen MR) is 102 cm³/mol.